The molecular formula is C19H20N2O2S. The number of thioether (sulfide) groups is 1. The smallest absolute Gasteiger partial charge is 0.237 e. The fourth-order valence-electron chi connectivity index (χ4n) is 2.33. The van der Waals surface area contributed by atoms with Crippen molar-refractivity contribution in [1.82, 2.24) is 0 Å². The number of anilines is 1. The van der Waals surface area contributed by atoms with E-state index in [1.54, 1.807) is 29.2 Å². The fourth-order valence-corrected chi connectivity index (χ4v) is 3.11. The number of phenols is 1. The molecule has 2 rings (SSSR count). The van der Waals surface area contributed by atoms with Gasteiger partial charge in [0.1, 0.15) is 5.75 Å². The van der Waals surface area contributed by atoms with Crippen LogP contribution in [0.15, 0.2) is 47.4 Å². The molecule has 0 spiro atoms. The maximum absolute atomic E-state index is 12.7. The number of nitriles is 1. The number of phenolic OH excluding ortho intramolecular Hbond substituents is 1. The molecule has 0 atom stereocenters. The van der Waals surface area contributed by atoms with Crippen molar-refractivity contribution in [2.24, 2.45) is 0 Å². The molecule has 0 saturated heterocycles. The average Bonchev–Trinajstić information content (AvgIpc) is 2.58. The van der Waals surface area contributed by atoms with Crippen molar-refractivity contribution in [3.05, 3.63) is 53.6 Å². The first kappa shape index (κ1) is 17.9. The summed E-state index contributed by atoms with van der Waals surface area (Å²) >= 11 is 1.42. The lowest BCUT2D eigenvalue weighted by molar-refractivity contribution is -0.116. The fraction of sp³-hybridized carbons (Fsp3) is 0.263. The van der Waals surface area contributed by atoms with E-state index in [2.05, 4.69) is 6.07 Å². The third-order valence-corrected chi connectivity index (χ3v) is 4.81. The summed E-state index contributed by atoms with van der Waals surface area (Å²) in [5.74, 6) is 0.456. The second kappa shape index (κ2) is 8.42. The summed E-state index contributed by atoms with van der Waals surface area (Å²) in [6.07, 6.45) is 0.295. The standard InChI is InChI=1S/C19H20N2O2S/c1-14-5-3-6-18(15(14)2)21(12-4-11-20)19(23)13-24-17-9-7-16(22)8-10-17/h3,5-10,22H,4,12-13H2,1-2H3. The minimum Gasteiger partial charge on any atom is -0.508 e. The van der Waals surface area contributed by atoms with Gasteiger partial charge in [0.05, 0.1) is 18.2 Å². The molecular weight excluding hydrogens is 320 g/mol. The van der Waals surface area contributed by atoms with Gasteiger partial charge in [-0.25, -0.2) is 0 Å². The Balaban J connectivity index is 2.14. The molecule has 0 bridgehead atoms. The molecule has 0 aliphatic heterocycles. The van der Waals surface area contributed by atoms with Gasteiger partial charge in [0, 0.05) is 17.1 Å². The molecule has 0 radical (unpaired) electrons. The number of hydrogen-bond donors (Lipinski definition) is 1. The summed E-state index contributed by atoms with van der Waals surface area (Å²) in [4.78, 5) is 15.3. The van der Waals surface area contributed by atoms with Gasteiger partial charge in [0.25, 0.3) is 0 Å². The molecule has 0 aromatic heterocycles. The molecule has 2 aromatic carbocycles. The molecule has 124 valence electrons. The van der Waals surface area contributed by atoms with E-state index in [0.717, 1.165) is 21.7 Å². The maximum atomic E-state index is 12.7. The van der Waals surface area contributed by atoms with E-state index in [4.69, 9.17) is 5.26 Å². The number of carbonyl (C=O) groups is 1. The topological polar surface area (TPSA) is 64.3 Å². The zero-order valence-electron chi connectivity index (χ0n) is 13.8. The van der Waals surface area contributed by atoms with Crippen molar-refractivity contribution in [2.45, 2.75) is 25.2 Å². The molecule has 2 aromatic rings. The number of aromatic hydroxyl groups is 1. The average molecular weight is 340 g/mol. The number of hydrogen-bond acceptors (Lipinski definition) is 4. The largest absolute Gasteiger partial charge is 0.508 e. The van der Waals surface area contributed by atoms with E-state index in [-0.39, 0.29) is 17.4 Å². The van der Waals surface area contributed by atoms with Gasteiger partial charge in [0.2, 0.25) is 5.91 Å². The summed E-state index contributed by atoms with van der Waals surface area (Å²) in [6.45, 7) is 4.39. The third-order valence-electron chi connectivity index (χ3n) is 3.81. The predicted molar refractivity (Wildman–Crippen MR) is 97.3 cm³/mol. The van der Waals surface area contributed by atoms with Crippen molar-refractivity contribution in [2.75, 3.05) is 17.2 Å². The highest BCUT2D eigenvalue weighted by Crippen LogP contribution is 2.26. The van der Waals surface area contributed by atoms with Gasteiger partial charge < -0.3 is 10.0 Å². The van der Waals surface area contributed by atoms with Gasteiger partial charge in [-0.05, 0) is 55.3 Å². The van der Waals surface area contributed by atoms with Crippen LogP contribution in [-0.4, -0.2) is 23.3 Å². The van der Waals surface area contributed by atoms with Crippen molar-refractivity contribution < 1.29 is 9.90 Å². The highest BCUT2D eigenvalue weighted by Gasteiger charge is 2.18. The van der Waals surface area contributed by atoms with Crippen molar-refractivity contribution in [3.8, 4) is 11.8 Å². The lowest BCUT2D eigenvalue weighted by Gasteiger charge is -2.24. The van der Waals surface area contributed by atoms with Crippen LogP contribution in [0.25, 0.3) is 0 Å². The van der Waals surface area contributed by atoms with E-state index in [9.17, 15) is 9.90 Å². The minimum absolute atomic E-state index is 0.0305. The number of aryl methyl sites for hydroxylation is 1. The van der Waals surface area contributed by atoms with E-state index in [1.165, 1.54) is 11.8 Å². The predicted octanol–water partition coefficient (Wildman–Crippen LogP) is 4.05. The van der Waals surface area contributed by atoms with Crippen molar-refractivity contribution in [1.29, 1.82) is 5.26 Å². The van der Waals surface area contributed by atoms with Gasteiger partial charge in [-0.1, -0.05) is 12.1 Å². The summed E-state index contributed by atoms with van der Waals surface area (Å²) in [7, 11) is 0. The summed E-state index contributed by atoms with van der Waals surface area (Å²) in [6, 6.07) is 14.7. The van der Waals surface area contributed by atoms with Crippen LogP contribution in [0.5, 0.6) is 5.75 Å². The monoisotopic (exact) mass is 340 g/mol. The molecule has 0 saturated carbocycles. The minimum atomic E-state index is -0.0305. The number of nitrogens with zero attached hydrogens (tertiary/aromatic N) is 2. The second-order valence-electron chi connectivity index (χ2n) is 5.46. The van der Waals surface area contributed by atoms with Crippen LogP contribution >= 0.6 is 11.8 Å². The quantitative estimate of drug-likeness (QED) is 0.806. The van der Waals surface area contributed by atoms with E-state index >= 15 is 0 Å². The molecule has 0 unspecified atom stereocenters. The first-order valence-corrected chi connectivity index (χ1v) is 8.67. The van der Waals surface area contributed by atoms with Gasteiger partial charge in [-0.2, -0.15) is 5.26 Å². The Labute approximate surface area is 146 Å². The molecule has 1 N–H and O–H groups in total. The van der Waals surface area contributed by atoms with Crippen LogP contribution in [0.4, 0.5) is 5.69 Å². The third kappa shape index (κ3) is 4.53. The van der Waals surface area contributed by atoms with Gasteiger partial charge in [-0.3, -0.25) is 4.79 Å². The Morgan fingerprint density at radius 3 is 2.58 bits per heavy atom. The van der Waals surface area contributed by atoms with Crippen LogP contribution < -0.4 is 4.90 Å². The van der Waals surface area contributed by atoms with Crippen LogP contribution in [0, 0.1) is 25.2 Å². The Hall–Kier alpha value is -2.45. The number of benzene rings is 2. The zero-order chi connectivity index (χ0) is 17.5. The number of amides is 1. The van der Waals surface area contributed by atoms with Crippen molar-refractivity contribution >= 4 is 23.4 Å². The molecule has 0 heterocycles. The number of rotatable bonds is 6. The normalized spacial score (nSPS) is 10.2. The first-order valence-electron chi connectivity index (χ1n) is 7.68. The molecule has 5 heteroatoms. The second-order valence-corrected chi connectivity index (χ2v) is 6.50. The van der Waals surface area contributed by atoms with Crippen LogP contribution in [0.2, 0.25) is 0 Å². The molecule has 0 fully saturated rings. The molecule has 4 nitrogen and oxygen atoms in total. The molecule has 24 heavy (non-hydrogen) atoms. The van der Waals surface area contributed by atoms with Crippen LogP contribution in [0.3, 0.4) is 0 Å². The molecule has 0 aliphatic rings. The summed E-state index contributed by atoms with van der Waals surface area (Å²) < 4.78 is 0. The zero-order valence-corrected chi connectivity index (χ0v) is 14.6. The van der Waals surface area contributed by atoms with Crippen LogP contribution in [0.1, 0.15) is 17.5 Å². The highest BCUT2D eigenvalue weighted by atomic mass is 32.2. The Morgan fingerprint density at radius 2 is 1.92 bits per heavy atom. The molecule has 0 aliphatic carbocycles. The summed E-state index contributed by atoms with van der Waals surface area (Å²) in [5.41, 5.74) is 3.04. The van der Waals surface area contributed by atoms with Gasteiger partial charge in [0.15, 0.2) is 0 Å². The first-order chi connectivity index (χ1) is 11.5. The maximum Gasteiger partial charge on any atom is 0.237 e. The number of carbonyl (C=O) groups excluding carboxylic acids is 1. The van der Waals surface area contributed by atoms with E-state index in [1.807, 2.05) is 32.0 Å². The van der Waals surface area contributed by atoms with E-state index in [0.29, 0.717) is 13.0 Å². The van der Waals surface area contributed by atoms with E-state index < -0.39 is 0 Å². The lowest BCUT2D eigenvalue weighted by Crippen LogP contribution is -2.34. The van der Waals surface area contributed by atoms with Gasteiger partial charge in [-0.15, -0.1) is 11.8 Å². The lowest BCUT2D eigenvalue weighted by atomic mass is 10.1. The SMILES string of the molecule is Cc1cccc(N(CCC#N)C(=O)CSc2ccc(O)cc2)c1C. The van der Waals surface area contributed by atoms with Crippen molar-refractivity contribution in [3.63, 3.8) is 0 Å². The highest BCUT2D eigenvalue weighted by molar-refractivity contribution is 8.00. The Kier molecular flexibility index (Phi) is 6.28. The van der Waals surface area contributed by atoms with Gasteiger partial charge >= 0.3 is 0 Å². The van der Waals surface area contributed by atoms with Crippen LogP contribution in [-0.2, 0) is 4.79 Å². The Bertz CT molecular complexity index is 751. The summed E-state index contributed by atoms with van der Waals surface area (Å²) in [5, 5.41) is 18.2. The Morgan fingerprint density at radius 1 is 1.21 bits per heavy atom. The molecule has 1 amide bonds.